The van der Waals surface area contributed by atoms with E-state index in [1.165, 1.54) is 0 Å². The number of hydrogen-bond acceptors (Lipinski definition) is 16. The van der Waals surface area contributed by atoms with Crippen LogP contribution in [0.4, 0.5) is 0 Å². The minimum Gasteiger partial charge on any atom is -0.385 e. The highest BCUT2D eigenvalue weighted by Crippen LogP contribution is 2.37. The highest BCUT2D eigenvalue weighted by atomic mass is 16.8. The van der Waals surface area contributed by atoms with Crippen molar-refractivity contribution in [1.82, 2.24) is 0 Å². The van der Waals surface area contributed by atoms with Crippen molar-refractivity contribution < 1.29 is 76.2 Å². The van der Waals surface area contributed by atoms with E-state index < -0.39 is 92.1 Å². The van der Waals surface area contributed by atoms with Crippen molar-refractivity contribution in [3.8, 4) is 0 Å². The Morgan fingerprint density at radius 1 is 0.235 bits per heavy atom. The molecule has 512 valence electrons. The van der Waals surface area contributed by atoms with E-state index in [0.29, 0.717) is 6.61 Å². The first-order chi connectivity index (χ1) is 48.5. The van der Waals surface area contributed by atoms with E-state index in [4.69, 9.17) is 71.1 Å². The fourth-order valence-corrected chi connectivity index (χ4v) is 12.4. The maximum Gasteiger partial charge on any atom is 0.187 e. The van der Waals surface area contributed by atoms with Gasteiger partial charge in [0.05, 0.1) is 79.3 Å². The summed E-state index contributed by atoms with van der Waals surface area (Å²) in [6, 6.07) is 89.3. The monoisotopic (exact) mass is 1330 g/mol. The average molecular weight is 1330 g/mol. The van der Waals surface area contributed by atoms with Gasteiger partial charge >= 0.3 is 0 Å². The summed E-state index contributed by atoms with van der Waals surface area (Å²) < 4.78 is 104. The van der Waals surface area contributed by atoms with Gasteiger partial charge in [-0.2, -0.15) is 0 Å². The lowest BCUT2D eigenvalue weighted by atomic mass is 9.96. The van der Waals surface area contributed by atoms with E-state index in [1.807, 2.05) is 273 Å². The smallest absolute Gasteiger partial charge is 0.187 e. The van der Waals surface area contributed by atoms with E-state index in [0.717, 1.165) is 50.1 Å². The Morgan fingerprint density at radius 2 is 0.459 bits per heavy atom. The number of benzene rings is 9. The summed E-state index contributed by atoms with van der Waals surface area (Å²) in [5.74, 6) is 0. The minimum absolute atomic E-state index is 0.0713. The van der Waals surface area contributed by atoms with Crippen LogP contribution in [0.15, 0.2) is 273 Å². The van der Waals surface area contributed by atoms with Crippen LogP contribution in [0.3, 0.4) is 0 Å². The van der Waals surface area contributed by atoms with Crippen molar-refractivity contribution in [2.24, 2.45) is 0 Å². The molecule has 12 rings (SSSR count). The molecule has 0 bridgehead atoms. The summed E-state index contributed by atoms with van der Waals surface area (Å²) in [7, 11) is 1.59. The number of aliphatic hydroxyl groups excluding tert-OH is 1. The molecule has 15 atom stereocenters. The third-order valence-corrected chi connectivity index (χ3v) is 17.6. The van der Waals surface area contributed by atoms with Gasteiger partial charge in [-0.1, -0.05) is 273 Å². The van der Waals surface area contributed by atoms with Crippen molar-refractivity contribution in [1.29, 1.82) is 0 Å². The number of rotatable bonds is 35. The second kappa shape index (κ2) is 37.5. The predicted octanol–water partition coefficient (Wildman–Crippen LogP) is 13.1. The molecule has 0 radical (unpaired) electrons. The van der Waals surface area contributed by atoms with E-state index in [9.17, 15) is 5.11 Å². The molecule has 3 aliphatic heterocycles. The van der Waals surface area contributed by atoms with Crippen LogP contribution >= 0.6 is 0 Å². The Bertz CT molecular complexity index is 3610. The quantitative estimate of drug-likeness (QED) is 0.0399. The number of aliphatic hydroxyl groups is 1. The summed E-state index contributed by atoms with van der Waals surface area (Å²) in [4.78, 5) is 0. The zero-order chi connectivity index (χ0) is 66.8. The van der Waals surface area contributed by atoms with E-state index >= 15 is 0 Å². The van der Waals surface area contributed by atoms with Gasteiger partial charge in [0.25, 0.3) is 0 Å². The molecule has 16 heteroatoms. The molecule has 0 aromatic heterocycles. The Kier molecular flexibility index (Phi) is 26.9. The third kappa shape index (κ3) is 20.3. The summed E-state index contributed by atoms with van der Waals surface area (Å²) >= 11 is 0. The maximum absolute atomic E-state index is 12.8. The SMILES string of the molecule is CO[C@H]1O[C@H](CO[C@H]2O[C@H](CO[C@@H]3O[C@H](COCc4ccccc4)[C@@H](OCc4ccccc4)[C@H](OCc4ccccc4)[C@@H]3O)[C@@H](OCc3ccccc3)[C@H](OCc3ccccc3)[C@@H]2OCc2ccccc2)[C@@H](OCc2ccccc2)[C@H](OCc2ccccc2)[C@@H]1OCc1ccccc1. The van der Waals surface area contributed by atoms with Crippen LogP contribution in [0.25, 0.3) is 0 Å². The van der Waals surface area contributed by atoms with Gasteiger partial charge in [-0.05, 0) is 50.1 Å². The number of ether oxygens (including phenoxy) is 15. The second-order valence-electron chi connectivity index (χ2n) is 24.6. The lowest BCUT2D eigenvalue weighted by Crippen LogP contribution is -2.64. The fourth-order valence-electron chi connectivity index (χ4n) is 12.4. The average Bonchev–Trinajstić information content (AvgIpc) is 0.794. The van der Waals surface area contributed by atoms with Crippen molar-refractivity contribution in [2.75, 3.05) is 26.9 Å². The number of methoxy groups -OCH3 is 1. The molecule has 1 N–H and O–H groups in total. The molecule has 0 saturated carbocycles. The largest absolute Gasteiger partial charge is 0.385 e. The molecular formula is C82H88O16. The first-order valence-corrected chi connectivity index (χ1v) is 33.7. The van der Waals surface area contributed by atoms with Crippen molar-refractivity contribution in [2.45, 2.75) is 152 Å². The minimum atomic E-state index is -1.39. The van der Waals surface area contributed by atoms with E-state index in [2.05, 4.69) is 0 Å². The fraction of sp³-hybridized carbons (Fsp3) is 0.341. The van der Waals surface area contributed by atoms with Gasteiger partial charge in [0.15, 0.2) is 18.9 Å². The molecule has 3 saturated heterocycles. The first-order valence-electron chi connectivity index (χ1n) is 33.7. The molecule has 3 fully saturated rings. The standard InChI is InChI=1S/C82H88O16/c1-84-81-78(92-54-66-43-25-9-26-44-66)76(90-52-64-39-21-7-22-40-64)73(87-49-61-33-15-4-16-34-61)69(97-81)58-95-82-79(93-55-67-45-27-10-28-46-67)77(91-53-65-41-23-8-24-42-65)74(88-50-62-35-17-5-18-36-62)70(98-82)57-94-80-71(83)75(89-51-63-37-19-6-20-38-63)72(86-48-60-31-13-3-14-32-60)68(96-80)56-85-47-59-29-11-2-12-30-59/h2-46,68-83H,47-58H2,1H3/t68-,69-,70-,71+,72-,73-,74-,75-,76+,77+,78+,79+,80-,81+,82+/m1/s1. The molecular weight excluding hydrogens is 1240 g/mol. The van der Waals surface area contributed by atoms with Crippen molar-refractivity contribution >= 4 is 0 Å². The summed E-state index contributed by atoms with van der Waals surface area (Å²) in [5.41, 5.74) is 8.44. The van der Waals surface area contributed by atoms with Crippen LogP contribution in [0, 0.1) is 0 Å². The summed E-state index contributed by atoms with van der Waals surface area (Å²) in [5, 5.41) is 12.8. The first kappa shape index (κ1) is 70.2. The molecule has 0 aliphatic carbocycles. The van der Waals surface area contributed by atoms with Crippen molar-refractivity contribution in [3.63, 3.8) is 0 Å². The third-order valence-electron chi connectivity index (χ3n) is 17.6. The maximum atomic E-state index is 12.8. The molecule has 0 unspecified atom stereocenters. The number of hydrogen-bond donors (Lipinski definition) is 1. The van der Waals surface area contributed by atoms with Crippen LogP contribution in [0.5, 0.6) is 0 Å². The normalized spacial score (nSPS) is 25.6. The van der Waals surface area contributed by atoms with Gasteiger partial charge in [0.2, 0.25) is 0 Å². The van der Waals surface area contributed by atoms with Gasteiger partial charge in [-0.15, -0.1) is 0 Å². The van der Waals surface area contributed by atoms with Gasteiger partial charge < -0.3 is 76.2 Å². The molecule has 0 spiro atoms. The van der Waals surface area contributed by atoms with Crippen LogP contribution in [0.1, 0.15) is 50.1 Å². The second-order valence-corrected chi connectivity index (χ2v) is 24.6. The lowest BCUT2D eigenvalue weighted by Gasteiger charge is -2.48. The molecule has 16 nitrogen and oxygen atoms in total. The lowest BCUT2D eigenvalue weighted by molar-refractivity contribution is -0.360. The van der Waals surface area contributed by atoms with Crippen LogP contribution in [-0.4, -0.2) is 124 Å². The molecule has 0 amide bonds. The zero-order valence-electron chi connectivity index (χ0n) is 55.2. The van der Waals surface area contributed by atoms with Gasteiger partial charge in [0, 0.05) is 7.11 Å². The van der Waals surface area contributed by atoms with Gasteiger partial charge in [-0.3, -0.25) is 0 Å². The van der Waals surface area contributed by atoms with E-state index in [1.54, 1.807) is 7.11 Å². The van der Waals surface area contributed by atoms with Gasteiger partial charge in [0.1, 0.15) is 73.2 Å². The molecule has 98 heavy (non-hydrogen) atoms. The molecule has 9 aromatic rings. The Balaban J connectivity index is 0.891. The topological polar surface area (TPSA) is 159 Å². The van der Waals surface area contributed by atoms with E-state index in [-0.39, 0.29) is 72.7 Å². The Hall–Kier alpha value is -7.66. The highest BCUT2D eigenvalue weighted by Gasteiger charge is 2.54. The summed E-state index contributed by atoms with van der Waals surface area (Å²) in [6.07, 6.45) is -14.4. The van der Waals surface area contributed by atoms with Crippen LogP contribution < -0.4 is 0 Å². The summed E-state index contributed by atoms with van der Waals surface area (Å²) in [6.45, 7) is 1.61. The Morgan fingerprint density at radius 3 is 0.776 bits per heavy atom. The molecule has 3 aliphatic rings. The predicted molar refractivity (Wildman–Crippen MR) is 367 cm³/mol. The van der Waals surface area contributed by atoms with Crippen molar-refractivity contribution in [3.05, 3.63) is 323 Å². The van der Waals surface area contributed by atoms with Crippen LogP contribution in [0.2, 0.25) is 0 Å². The molecule has 9 aromatic carbocycles. The highest BCUT2D eigenvalue weighted by molar-refractivity contribution is 5.21. The Labute approximate surface area is 575 Å². The zero-order valence-corrected chi connectivity index (χ0v) is 55.2. The van der Waals surface area contributed by atoms with Crippen LogP contribution in [-0.2, 0) is 131 Å². The van der Waals surface area contributed by atoms with Gasteiger partial charge in [-0.25, -0.2) is 0 Å². The molecule has 3 heterocycles.